The summed E-state index contributed by atoms with van der Waals surface area (Å²) in [6.07, 6.45) is -1.38. The van der Waals surface area contributed by atoms with Crippen LogP contribution in [0.3, 0.4) is 0 Å². The lowest BCUT2D eigenvalue weighted by Crippen LogP contribution is -2.24. The van der Waals surface area contributed by atoms with Gasteiger partial charge >= 0.3 is 5.97 Å². The van der Waals surface area contributed by atoms with Gasteiger partial charge in [0.25, 0.3) is 0 Å². The van der Waals surface area contributed by atoms with E-state index in [1.807, 2.05) is 0 Å². The highest BCUT2D eigenvalue weighted by Gasteiger charge is 2.24. The number of carbonyl (C=O) groups is 1. The van der Waals surface area contributed by atoms with Crippen molar-refractivity contribution >= 4 is 11.7 Å². The van der Waals surface area contributed by atoms with E-state index >= 15 is 0 Å². The first-order valence-electron chi connectivity index (χ1n) is 5.69. The minimum absolute atomic E-state index is 0.237. The summed E-state index contributed by atoms with van der Waals surface area (Å²) in [5, 5.41) is 19.7. The zero-order valence-electron chi connectivity index (χ0n) is 10.5. The number of ether oxygens (including phenoxy) is 1. The van der Waals surface area contributed by atoms with Gasteiger partial charge in [0.2, 0.25) is 0 Å². The van der Waals surface area contributed by atoms with Crippen molar-refractivity contribution in [2.75, 3.05) is 12.3 Å². The number of esters is 1. The molecule has 18 heavy (non-hydrogen) atoms. The molecule has 0 spiro atoms. The summed E-state index contributed by atoms with van der Waals surface area (Å²) in [6, 6.07) is 1.64. The van der Waals surface area contributed by atoms with Gasteiger partial charge in [-0.2, -0.15) is 0 Å². The number of nitrogen functional groups attached to an aromatic ring is 1. The van der Waals surface area contributed by atoms with Gasteiger partial charge in [-0.1, -0.05) is 0 Å². The molecule has 6 heteroatoms. The minimum atomic E-state index is -1.25. The Kier molecular flexibility index (Phi) is 5.06. The molecule has 0 radical (unpaired) electrons. The van der Waals surface area contributed by atoms with E-state index in [1.165, 1.54) is 6.20 Å². The normalized spacial score (nSPS) is 14.0. The Labute approximate surface area is 105 Å². The smallest absolute Gasteiger partial charge is 0.308 e. The predicted molar refractivity (Wildman–Crippen MR) is 65.6 cm³/mol. The van der Waals surface area contributed by atoms with Crippen LogP contribution in [0.25, 0.3) is 0 Å². The van der Waals surface area contributed by atoms with Gasteiger partial charge in [-0.3, -0.25) is 9.78 Å². The van der Waals surface area contributed by atoms with Crippen molar-refractivity contribution in [2.45, 2.75) is 32.5 Å². The van der Waals surface area contributed by atoms with E-state index in [4.69, 9.17) is 10.5 Å². The van der Waals surface area contributed by atoms with Crippen LogP contribution in [0.15, 0.2) is 12.3 Å². The van der Waals surface area contributed by atoms with Crippen LogP contribution in [0.1, 0.15) is 30.7 Å². The van der Waals surface area contributed by atoms with E-state index in [9.17, 15) is 15.0 Å². The van der Waals surface area contributed by atoms with Gasteiger partial charge in [0.05, 0.1) is 36.7 Å². The molecule has 1 aromatic heterocycles. The fourth-order valence-corrected chi connectivity index (χ4v) is 1.60. The number of hydrogen-bond donors (Lipinski definition) is 3. The van der Waals surface area contributed by atoms with Gasteiger partial charge in [-0.05, 0) is 25.5 Å². The molecule has 0 bridgehead atoms. The maximum atomic E-state index is 11.2. The molecule has 0 aromatic carbocycles. The number of aromatic nitrogens is 1. The Balaban J connectivity index is 2.73. The van der Waals surface area contributed by atoms with Crippen molar-refractivity contribution in [3.8, 4) is 0 Å². The molecule has 0 amide bonds. The molecule has 2 unspecified atom stereocenters. The summed E-state index contributed by atoms with van der Waals surface area (Å²) in [6.45, 7) is 3.63. The number of anilines is 1. The van der Waals surface area contributed by atoms with Crippen LogP contribution in [0.2, 0.25) is 0 Å². The van der Waals surface area contributed by atoms with Crippen LogP contribution in [0.5, 0.6) is 0 Å². The standard InChI is InChI=1S/C12H18N2O4/c1-3-18-10(16)5-9(15)12(17)11-7(2)4-8(13)6-14-11/h4,6,9,12,15,17H,3,5,13H2,1-2H3. The molecule has 0 aliphatic carbocycles. The lowest BCUT2D eigenvalue weighted by molar-refractivity contribution is -0.147. The highest BCUT2D eigenvalue weighted by Crippen LogP contribution is 2.21. The first kappa shape index (κ1) is 14.4. The summed E-state index contributed by atoms with van der Waals surface area (Å²) in [7, 11) is 0. The van der Waals surface area contributed by atoms with E-state index < -0.39 is 18.2 Å². The van der Waals surface area contributed by atoms with Gasteiger partial charge in [0, 0.05) is 0 Å². The average molecular weight is 254 g/mol. The highest BCUT2D eigenvalue weighted by molar-refractivity contribution is 5.70. The summed E-state index contributed by atoms with van der Waals surface area (Å²) in [5.41, 5.74) is 6.98. The number of rotatable bonds is 5. The molecule has 1 heterocycles. The zero-order chi connectivity index (χ0) is 13.7. The van der Waals surface area contributed by atoms with Gasteiger partial charge < -0.3 is 20.7 Å². The monoisotopic (exact) mass is 254 g/mol. The number of aliphatic hydroxyl groups excluding tert-OH is 2. The predicted octanol–water partition coefficient (Wildman–Crippen LogP) is 0.320. The van der Waals surface area contributed by atoms with Crippen molar-refractivity contribution in [1.29, 1.82) is 0 Å². The Morgan fingerprint density at radius 1 is 1.56 bits per heavy atom. The van der Waals surface area contributed by atoms with E-state index in [2.05, 4.69) is 4.98 Å². The molecule has 0 saturated heterocycles. The van der Waals surface area contributed by atoms with Crippen molar-refractivity contribution in [2.24, 2.45) is 0 Å². The number of carbonyl (C=O) groups excluding carboxylic acids is 1. The molecular weight excluding hydrogens is 236 g/mol. The van der Waals surface area contributed by atoms with E-state index in [1.54, 1.807) is 19.9 Å². The van der Waals surface area contributed by atoms with Gasteiger partial charge in [0.15, 0.2) is 0 Å². The van der Waals surface area contributed by atoms with Gasteiger partial charge in [0.1, 0.15) is 6.10 Å². The third-order valence-corrected chi connectivity index (χ3v) is 2.47. The zero-order valence-corrected chi connectivity index (χ0v) is 10.5. The number of hydrogen-bond acceptors (Lipinski definition) is 6. The number of aryl methyl sites for hydroxylation is 1. The molecule has 2 atom stereocenters. The van der Waals surface area contributed by atoms with Gasteiger partial charge in [-0.25, -0.2) is 0 Å². The molecule has 1 aromatic rings. The lowest BCUT2D eigenvalue weighted by atomic mass is 10.0. The molecule has 100 valence electrons. The number of aliphatic hydroxyl groups is 2. The Morgan fingerprint density at radius 2 is 2.22 bits per heavy atom. The summed E-state index contributed by atoms with van der Waals surface area (Å²) >= 11 is 0. The van der Waals surface area contributed by atoms with Crippen LogP contribution in [0, 0.1) is 6.92 Å². The molecular formula is C12H18N2O4. The second-order valence-electron chi connectivity index (χ2n) is 3.99. The topological polar surface area (TPSA) is 106 Å². The largest absolute Gasteiger partial charge is 0.466 e. The third-order valence-electron chi connectivity index (χ3n) is 2.47. The van der Waals surface area contributed by atoms with E-state index in [-0.39, 0.29) is 13.0 Å². The Morgan fingerprint density at radius 3 is 2.78 bits per heavy atom. The van der Waals surface area contributed by atoms with Crippen LogP contribution >= 0.6 is 0 Å². The number of nitrogens with zero attached hydrogens (tertiary/aromatic N) is 1. The van der Waals surface area contributed by atoms with E-state index in [0.717, 1.165) is 0 Å². The van der Waals surface area contributed by atoms with E-state index in [0.29, 0.717) is 16.9 Å². The SMILES string of the molecule is CCOC(=O)CC(O)C(O)c1ncc(N)cc1C. The fourth-order valence-electron chi connectivity index (χ4n) is 1.60. The summed E-state index contributed by atoms with van der Waals surface area (Å²) in [4.78, 5) is 15.2. The number of pyridine rings is 1. The first-order chi connectivity index (χ1) is 8.45. The van der Waals surface area contributed by atoms with Crippen LogP contribution in [-0.2, 0) is 9.53 Å². The van der Waals surface area contributed by atoms with Crippen molar-refractivity contribution < 1.29 is 19.7 Å². The van der Waals surface area contributed by atoms with Crippen molar-refractivity contribution in [1.82, 2.24) is 4.98 Å². The minimum Gasteiger partial charge on any atom is -0.466 e. The van der Waals surface area contributed by atoms with Crippen LogP contribution < -0.4 is 5.73 Å². The summed E-state index contributed by atoms with van der Waals surface area (Å²) < 4.78 is 4.70. The first-order valence-corrected chi connectivity index (χ1v) is 5.69. The summed E-state index contributed by atoms with van der Waals surface area (Å²) in [5.74, 6) is -0.558. The quantitative estimate of drug-likeness (QED) is 0.653. The van der Waals surface area contributed by atoms with Gasteiger partial charge in [-0.15, -0.1) is 0 Å². The second kappa shape index (κ2) is 6.32. The number of nitrogens with two attached hydrogens (primary N) is 1. The maximum Gasteiger partial charge on any atom is 0.308 e. The van der Waals surface area contributed by atoms with Crippen LogP contribution in [0.4, 0.5) is 5.69 Å². The highest BCUT2D eigenvalue weighted by atomic mass is 16.5. The third kappa shape index (κ3) is 3.68. The Hall–Kier alpha value is -1.66. The Bertz CT molecular complexity index is 423. The van der Waals surface area contributed by atoms with Crippen molar-refractivity contribution in [3.05, 3.63) is 23.5 Å². The average Bonchev–Trinajstić information content (AvgIpc) is 2.28. The molecule has 1 rings (SSSR count). The maximum absolute atomic E-state index is 11.2. The lowest BCUT2D eigenvalue weighted by Gasteiger charge is -2.18. The molecule has 4 N–H and O–H groups in total. The second-order valence-corrected chi connectivity index (χ2v) is 3.99. The molecule has 0 aliphatic rings. The molecule has 0 aliphatic heterocycles. The molecule has 0 fully saturated rings. The molecule has 6 nitrogen and oxygen atoms in total. The van der Waals surface area contributed by atoms with Crippen LogP contribution in [-0.4, -0.2) is 33.9 Å². The molecule has 0 saturated carbocycles. The fraction of sp³-hybridized carbons (Fsp3) is 0.500. The van der Waals surface area contributed by atoms with Crippen molar-refractivity contribution in [3.63, 3.8) is 0 Å².